The van der Waals surface area contributed by atoms with Gasteiger partial charge in [0.2, 0.25) is 0 Å². The van der Waals surface area contributed by atoms with Crippen molar-refractivity contribution in [3.05, 3.63) is 24.3 Å². The Hall–Kier alpha value is -0.585. The third kappa shape index (κ3) is 0.484. The summed E-state index contributed by atoms with van der Waals surface area (Å²) >= 11 is 0. The molecule has 0 spiro atoms. The van der Waals surface area contributed by atoms with Gasteiger partial charge in [-0.25, -0.2) is 0 Å². The standard InChI is InChI=1S/C5H4B/c6-5-3-1-2-4-5/h1-4H. The van der Waals surface area contributed by atoms with Crippen LogP contribution < -0.4 is 0 Å². The fourth-order valence-electron chi connectivity index (χ4n) is 0.389. The van der Waals surface area contributed by atoms with Gasteiger partial charge >= 0.3 is 37.3 Å². The summed E-state index contributed by atoms with van der Waals surface area (Å²) in [4.78, 5) is 0. The topological polar surface area (TPSA) is 0 Å². The molecule has 1 radical (unpaired) electrons. The Bertz CT molecular complexity index is 106. The number of hydrogen-bond acceptors (Lipinski definition) is 0. The van der Waals surface area contributed by atoms with E-state index >= 15 is 0 Å². The van der Waals surface area contributed by atoms with Crippen molar-refractivity contribution in [1.29, 1.82) is 0 Å². The first kappa shape index (κ1) is 3.60. The average Bonchev–Trinajstić information content (AvgIpc) is 1.86. The molecule has 0 aromatic rings. The Kier molecular flexibility index (Phi) is 0.751. The molecule has 0 amide bonds. The van der Waals surface area contributed by atoms with Crippen molar-refractivity contribution in [3.8, 4) is 0 Å². The van der Waals surface area contributed by atoms with Crippen molar-refractivity contribution >= 4 is 13.0 Å². The Balaban J connectivity index is 2.86. The monoisotopic (exact) mass is 75.0 g/mol. The van der Waals surface area contributed by atoms with E-state index in [-0.39, 0.29) is 0 Å². The van der Waals surface area contributed by atoms with Crippen LogP contribution in [0.15, 0.2) is 24.3 Å². The summed E-state index contributed by atoms with van der Waals surface area (Å²) in [7, 11) is 5.28. The van der Waals surface area contributed by atoms with E-state index in [4.69, 9.17) is 7.49 Å². The Morgan fingerprint density at radius 2 is 1.67 bits per heavy atom. The summed E-state index contributed by atoms with van der Waals surface area (Å²) < 4.78 is 0. The van der Waals surface area contributed by atoms with E-state index in [9.17, 15) is 0 Å². The van der Waals surface area contributed by atoms with E-state index in [0.717, 1.165) is 5.46 Å². The molecule has 0 nitrogen and oxygen atoms in total. The van der Waals surface area contributed by atoms with Gasteiger partial charge in [0.1, 0.15) is 0 Å². The van der Waals surface area contributed by atoms with Gasteiger partial charge in [-0.2, -0.15) is 0 Å². The van der Waals surface area contributed by atoms with Crippen LogP contribution in [0.4, 0.5) is 0 Å². The van der Waals surface area contributed by atoms with Crippen molar-refractivity contribution in [2.75, 3.05) is 0 Å². The molecule has 0 aromatic carbocycles. The third-order valence-electron chi connectivity index (χ3n) is 0.688. The van der Waals surface area contributed by atoms with Crippen LogP contribution >= 0.6 is 0 Å². The van der Waals surface area contributed by atoms with Gasteiger partial charge in [0.15, 0.2) is 0 Å². The summed E-state index contributed by atoms with van der Waals surface area (Å²) in [5, 5.41) is 0. The van der Waals surface area contributed by atoms with Crippen LogP contribution in [0.1, 0.15) is 0 Å². The molecular formula is C5H4B. The van der Waals surface area contributed by atoms with E-state index in [0.29, 0.717) is 0 Å². The fourth-order valence-corrected chi connectivity index (χ4v) is 0.389. The van der Waals surface area contributed by atoms with Crippen molar-refractivity contribution in [2.45, 2.75) is 0 Å². The predicted octanol–water partition coefficient (Wildman–Crippen LogP) is 0.453. The molecule has 0 saturated heterocycles. The number of rotatable bonds is 0. The number of allylic oxidation sites excluding steroid dienone is 4. The summed E-state index contributed by atoms with van der Waals surface area (Å²) in [5.74, 6) is 0. The Morgan fingerprint density at radius 3 is 1.83 bits per heavy atom. The van der Waals surface area contributed by atoms with Crippen LogP contribution in [0.2, 0.25) is 0 Å². The van der Waals surface area contributed by atoms with Gasteiger partial charge in [-0.05, 0) is 0 Å². The van der Waals surface area contributed by atoms with E-state index in [1.54, 1.807) is 0 Å². The van der Waals surface area contributed by atoms with Crippen LogP contribution in [0.3, 0.4) is 0 Å². The maximum absolute atomic E-state index is 5.28. The van der Waals surface area contributed by atoms with E-state index in [1.807, 2.05) is 24.3 Å². The Labute approximate surface area is 38.3 Å². The van der Waals surface area contributed by atoms with Gasteiger partial charge in [-0.3, -0.25) is 0 Å². The van der Waals surface area contributed by atoms with Gasteiger partial charge in [-0.15, -0.1) is 0 Å². The molecule has 27 valence electrons. The van der Waals surface area contributed by atoms with Gasteiger partial charge < -0.3 is 0 Å². The van der Waals surface area contributed by atoms with Crippen molar-refractivity contribution in [2.24, 2.45) is 0 Å². The third-order valence-corrected chi connectivity index (χ3v) is 0.688. The Morgan fingerprint density at radius 1 is 1.17 bits per heavy atom. The molecule has 0 atom stereocenters. The fraction of sp³-hybridized carbons (Fsp3) is 0. The normalized spacial score (nSPS) is 16.8. The molecule has 0 fully saturated rings. The zero-order valence-electron chi connectivity index (χ0n) is 3.39. The van der Waals surface area contributed by atoms with Crippen molar-refractivity contribution < 1.29 is 0 Å². The SMILES string of the molecule is [B]=C1C=CC=C1. The van der Waals surface area contributed by atoms with Crippen LogP contribution in [-0.2, 0) is 0 Å². The second kappa shape index (κ2) is 1.25. The van der Waals surface area contributed by atoms with Crippen LogP contribution in [-0.4, -0.2) is 13.0 Å². The molecule has 0 aliphatic heterocycles. The molecule has 0 unspecified atom stereocenters. The second-order valence-corrected chi connectivity index (χ2v) is 1.22. The van der Waals surface area contributed by atoms with Gasteiger partial charge in [0, 0.05) is 0 Å². The van der Waals surface area contributed by atoms with Crippen molar-refractivity contribution in [3.63, 3.8) is 0 Å². The van der Waals surface area contributed by atoms with Crippen LogP contribution in [0.25, 0.3) is 0 Å². The maximum atomic E-state index is 5.28. The molecule has 1 aliphatic carbocycles. The summed E-state index contributed by atoms with van der Waals surface area (Å²) in [6.45, 7) is 0. The first-order valence-corrected chi connectivity index (χ1v) is 1.87. The van der Waals surface area contributed by atoms with Crippen LogP contribution in [0.5, 0.6) is 0 Å². The summed E-state index contributed by atoms with van der Waals surface area (Å²) in [5.41, 5.74) is 0.843. The molecule has 1 aliphatic rings. The van der Waals surface area contributed by atoms with E-state index in [1.165, 1.54) is 0 Å². The predicted molar refractivity (Wildman–Crippen MR) is 29.0 cm³/mol. The van der Waals surface area contributed by atoms with E-state index in [2.05, 4.69) is 0 Å². The molecular weight excluding hydrogens is 70.9 g/mol. The van der Waals surface area contributed by atoms with Gasteiger partial charge in [0.25, 0.3) is 0 Å². The molecule has 6 heavy (non-hydrogen) atoms. The molecule has 0 N–H and O–H groups in total. The van der Waals surface area contributed by atoms with Crippen LogP contribution in [0, 0.1) is 0 Å². The summed E-state index contributed by atoms with van der Waals surface area (Å²) in [6.07, 6.45) is 7.55. The van der Waals surface area contributed by atoms with E-state index < -0.39 is 0 Å². The molecule has 0 bridgehead atoms. The molecule has 1 rings (SSSR count). The second-order valence-electron chi connectivity index (χ2n) is 1.22. The molecule has 0 saturated carbocycles. The average molecular weight is 74.9 g/mol. The molecule has 0 heterocycles. The first-order chi connectivity index (χ1) is 2.89. The molecule has 1 heteroatoms. The first-order valence-electron chi connectivity index (χ1n) is 1.87. The zero-order chi connectivity index (χ0) is 4.41. The molecule has 0 aromatic heterocycles. The van der Waals surface area contributed by atoms with Gasteiger partial charge in [0.05, 0.1) is 0 Å². The summed E-state index contributed by atoms with van der Waals surface area (Å²) in [6, 6.07) is 0. The minimum absolute atomic E-state index is 0.843. The number of hydrogen-bond donors (Lipinski definition) is 0. The van der Waals surface area contributed by atoms with Gasteiger partial charge in [-0.1, -0.05) is 0 Å². The zero-order valence-corrected chi connectivity index (χ0v) is 3.39. The quantitative estimate of drug-likeness (QED) is 0.367. The minimum atomic E-state index is 0.843. The van der Waals surface area contributed by atoms with Crippen molar-refractivity contribution in [1.82, 2.24) is 0 Å².